The molecule has 0 saturated carbocycles. The fourth-order valence-corrected chi connectivity index (χ4v) is 1.74. The average Bonchev–Trinajstić information content (AvgIpc) is 2.46. The number of aromatic carboxylic acids is 1. The third-order valence-electron chi connectivity index (χ3n) is 1.63. The molecule has 0 aliphatic heterocycles. The van der Waals surface area contributed by atoms with Gasteiger partial charge in [-0.25, -0.2) is 14.3 Å². The minimum Gasteiger partial charge on any atom is -0.478 e. The molecule has 0 aromatic carbocycles. The quantitative estimate of drug-likeness (QED) is 0.863. The molecule has 0 atom stereocenters. The van der Waals surface area contributed by atoms with Crippen molar-refractivity contribution >= 4 is 39.1 Å². The molecule has 0 aliphatic rings. The first-order chi connectivity index (χ1) is 6.59. The Morgan fingerprint density at radius 2 is 2.36 bits per heavy atom. The van der Waals surface area contributed by atoms with Crippen LogP contribution >= 0.6 is 27.5 Å². The molecule has 14 heavy (non-hydrogen) atoms. The predicted molar refractivity (Wildman–Crippen MR) is 52.7 cm³/mol. The Hall–Kier alpha value is -1.14. The largest absolute Gasteiger partial charge is 0.478 e. The summed E-state index contributed by atoms with van der Waals surface area (Å²) >= 11 is 8.78. The zero-order valence-electron chi connectivity index (χ0n) is 6.61. The summed E-state index contributed by atoms with van der Waals surface area (Å²) in [6.45, 7) is 0. The Bertz CT molecular complexity index is 525. The van der Waals surface area contributed by atoms with Crippen LogP contribution in [0, 0.1) is 0 Å². The summed E-state index contributed by atoms with van der Waals surface area (Å²) in [4.78, 5) is 14.6. The molecule has 0 aliphatic carbocycles. The van der Waals surface area contributed by atoms with Gasteiger partial charge < -0.3 is 5.11 Å². The topological polar surface area (TPSA) is 67.5 Å². The summed E-state index contributed by atoms with van der Waals surface area (Å²) in [6.07, 6.45) is 2.73. The highest BCUT2D eigenvalue weighted by atomic mass is 79.9. The molecular formula is C7H3BrClN3O2. The van der Waals surface area contributed by atoms with Crippen molar-refractivity contribution in [1.29, 1.82) is 0 Å². The van der Waals surface area contributed by atoms with E-state index in [9.17, 15) is 4.79 Å². The maximum absolute atomic E-state index is 10.7. The highest BCUT2D eigenvalue weighted by Gasteiger charge is 2.14. The molecule has 0 unspecified atom stereocenters. The van der Waals surface area contributed by atoms with Gasteiger partial charge in [0.25, 0.3) is 0 Å². The molecule has 2 rings (SSSR count). The molecule has 2 heterocycles. The van der Waals surface area contributed by atoms with E-state index in [-0.39, 0.29) is 10.7 Å². The molecule has 0 bridgehead atoms. The zero-order chi connectivity index (χ0) is 10.3. The van der Waals surface area contributed by atoms with Crippen LogP contribution in [0.5, 0.6) is 0 Å². The summed E-state index contributed by atoms with van der Waals surface area (Å²) in [6, 6.07) is 0. The second-order valence-corrected chi connectivity index (χ2v) is 3.69. The number of nitrogens with zero attached hydrogens (tertiary/aromatic N) is 3. The molecule has 0 spiro atoms. The van der Waals surface area contributed by atoms with Crippen molar-refractivity contribution in [3.05, 3.63) is 27.6 Å². The second kappa shape index (κ2) is 3.21. The summed E-state index contributed by atoms with van der Waals surface area (Å²) in [7, 11) is 0. The van der Waals surface area contributed by atoms with Crippen LogP contribution in [0.25, 0.3) is 5.65 Å². The van der Waals surface area contributed by atoms with Crippen molar-refractivity contribution in [2.24, 2.45) is 0 Å². The van der Waals surface area contributed by atoms with Gasteiger partial charge in [0.05, 0.1) is 22.4 Å². The van der Waals surface area contributed by atoms with Crippen LogP contribution in [0.4, 0.5) is 0 Å². The number of imidazole rings is 1. The number of fused-ring (bicyclic) bond motifs is 1. The molecule has 5 nitrogen and oxygen atoms in total. The summed E-state index contributed by atoms with van der Waals surface area (Å²) in [5.41, 5.74) is 0.440. The normalized spacial score (nSPS) is 10.7. The van der Waals surface area contributed by atoms with Crippen LogP contribution in [0.3, 0.4) is 0 Å². The molecule has 2 aromatic heterocycles. The van der Waals surface area contributed by atoms with Crippen molar-refractivity contribution in [1.82, 2.24) is 14.6 Å². The molecule has 1 N–H and O–H groups in total. The van der Waals surface area contributed by atoms with Gasteiger partial charge in [0.2, 0.25) is 0 Å². The number of carboxylic acids is 1. The number of halogens is 2. The Kier molecular flexibility index (Phi) is 2.16. The van der Waals surface area contributed by atoms with E-state index in [1.165, 1.54) is 16.9 Å². The van der Waals surface area contributed by atoms with Crippen LogP contribution in [0.15, 0.2) is 16.9 Å². The van der Waals surface area contributed by atoms with Crippen LogP contribution in [0.1, 0.15) is 10.4 Å². The fraction of sp³-hybridized carbons (Fsp3) is 0. The third-order valence-corrected chi connectivity index (χ3v) is 2.60. The number of hydrogen-bond acceptors (Lipinski definition) is 3. The van der Waals surface area contributed by atoms with Gasteiger partial charge in [0, 0.05) is 0 Å². The van der Waals surface area contributed by atoms with Crippen molar-refractivity contribution in [2.45, 2.75) is 0 Å². The maximum Gasteiger partial charge on any atom is 0.338 e. The van der Waals surface area contributed by atoms with Crippen molar-refractivity contribution in [3.63, 3.8) is 0 Å². The first-order valence-electron chi connectivity index (χ1n) is 3.52. The highest BCUT2D eigenvalue weighted by molar-refractivity contribution is 9.10. The minimum absolute atomic E-state index is 0.0553. The molecule has 7 heteroatoms. The highest BCUT2D eigenvalue weighted by Crippen LogP contribution is 2.22. The van der Waals surface area contributed by atoms with Gasteiger partial charge in [0.15, 0.2) is 5.65 Å². The van der Waals surface area contributed by atoms with Crippen molar-refractivity contribution < 1.29 is 9.90 Å². The number of carbonyl (C=O) groups is 1. The van der Waals surface area contributed by atoms with E-state index in [1.54, 1.807) is 0 Å². The van der Waals surface area contributed by atoms with Gasteiger partial charge in [0.1, 0.15) is 5.15 Å². The van der Waals surface area contributed by atoms with Crippen LogP contribution in [-0.2, 0) is 0 Å². The van der Waals surface area contributed by atoms with Gasteiger partial charge >= 0.3 is 5.97 Å². The number of hydrogen-bond donors (Lipinski definition) is 1. The van der Waals surface area contributed by atoms with E-state index < -0.39 is 5.97 Å². The van der Waals surface area contributed by atoms with Gasteiger partial charge in [-0.1, -0.05) is 11.6 Å². The Labute approximate surface area is 91.4 Å². The summed E-state index contributed by atoms with van der Waals surface area (Å²) in [5, 5.41) is 12.9. The lowest BCUT2D eigenvalue weighted by atomic mass is 10.3. The van der Waals surface area contributed by atoms with E-state index in [1.807, 2.05) is 0 Å². The minimum atomic E-state index is -1.06. The summed E-state index contributed by atoms with van der Waals surface area (Å²) < 4.78 is 1.77. The van der Waals surface area contributed by atoms with Gasteiger partial charge in [-0.2, -0.15) is 5.10 Å². The first kappa shape index (κ1) is 9.42. The van der Waals surface area contributed by atoms with E-state index >= 15 is 0 Å². The number of rotatable bonds is 1. The van der Waals surface area contributed by atoms with E-state index in [0.717, 1.165) is 0 Å². The SMILES string of the molecule is O=C(O)c1cnn2cc(Cl)nc2c1Br. The molecule has 72 valence electrons. The molecule has 0 amide bonds. The van der Waals surface area contributed by atoms with Crippen molar-refractivity contribution in [2.75, 3.05) is 0 Å². The van der Waals surface area contributed by atoms with Crippen LogP contribution in [0.2, 0.25) is 5.15 Å². The van der Waals surface area contributed by atoms with Crippen LogP contribution < -0.4 is 0 Å². The van der Waals surface area contributed by atoms with Crippen LogP contribution in [-0.4, -0.2) is 25.7 Å². The monoisotopic (exact) mass is 275 g/mol. The van der Waals surface area contributed by atoms with Gasteiger partial charge in [-0.05, 0) is 15.9 Å². The van der Waals surface area contributed by atoms with E-state index in [2.05, 4.69) is 26.0 Å². The second-order valence-electron chi connectivity index (χ2n) is 2.51. The lowest BCUT2D eigenvalue weighted by Crippen LogP contribution is -2.02. The molecule has 0 radical (unpaired) electrons. The smallest absolute Gasteiger partial charge is 0.338 e. The van der Waals surface area contributed by atoms with Gasteiger partial charge in [-0.15, -0.1) is 0 Å². The summed E-state index contributed by atoms with van der Waals surface area (Å²) in [5.74, 6) is -1.06. The number of aromatic nitrogens is 3. The number of carboxylic acid groups (broad SMARTS) is 1. The molecule has 0 saturated heterocycles. The zero-order valence-corrected chi connectivity index (χ0v) is 8.95. The average molecular weight is 276 g/mol. The third kappa shape index (κ3) is 1.36. The predicted octanol–water partition coefficient (Wildman–Crippen LogP) is 1.84. The van der Waals surface area contributed by atoms with E-state index in [4.69, 9.17) is 16.7 Å². The standard InChI is InChI=1S/C7H3BrClN3O2/c8-5-3(7(13)14)1-10-12-2-4(9)11-6(5)12/h1-2H,(H,13,14). The van der Waals surface area contributed by atoms with Gasteiger partial charge in [-0.3, -0.25) is 0 Å². The Morgan fingerprint density at radius 3 is 3.00 bits per heavy atom. The Balaban J connectivity index is 2.80. The van der Waals surface area contributed by atoms with E-state index in [0.29, 0.717) is 10.1 Å². The first-order valence-corrected chi connectivity index (χ1v) is 4.69. The Morgan fingerprint density at radius 1 is 1.64 bits per heavy atom. The molecule has 2 aromatic rings. The van der Waals surface area contributed by atoms with Crippen molar-refractivity contribution in [3.8, 4) is 0 Å². The molecular weight excluding hydrogens is 273 g/mol. The fourth-order valence-electron chi connectivity index (χ4n) is 1.03. The lowest BCUT2D eigenvalue weighted by Gasteiger charge is -1.98. The maximum atomic E-state index is 10.7. The molecule has 0 fully saturated rings. The lowest BCUT2D eigenvalue weighted by molar-refractivity contribution is 0.0695.